The molecular weight excluding hydrogens is 388 g/mol. The second kappa shape index (κ2) is 11.1. The number of aliphatic carboxylic acids is 1. The number of carbonyl (C=O) groups is 1. The van der Waals surface area contributed by atoms with E-state index in [1.54, 1.807) is 0 Å². The van der Waals surface area contributed by atoms with Crippen LogP contribution in [0.1, 0.15) is 77.7 Å². The lowest BCUT2D eigenvalue weighted by atomic mass is 9.92. The van der Waals surface area contributed by atoms with Crippen molar-refractivity contribution in [3.8, 4) is 0 Å². The van der Waals surface area contributed by atoms with Crippen molar-refractivity contribution < 1.29 is 19.4 Å². The van der Waals surface area contributed by atoms with Gasteiger partial charge in [-0.05, 0) is 96.9 Å². The van der Waals surface area contributed by atoms with Gasteiger partial charge in [0.15, 0.2) is 0 Å². The third kappa shape index (κ3) is 7.55. The molecule has 1 aliphatic rings. The molecule has 2 rings (SSSR count). The van der Waals surface area contributed by atoms with E-state index in [1.165, 1.54) is 11.1 Å². The van der Waals surface area contributed by atoms with Crippen molar-refractivity contribution in [1.29, 1.82) is 0 Å². The summed E-state index contributed by atoms with van der Waals surface area (Å²) in [4.78, 5) is 11.4. The van der Waals surface area contributed by atoms with Crippen molar-refractivity contribution in [3.63, 3.8) is 0 Å². The summed E-state index contributed by atoms with van der Waals surface area (Å²) in [7, 11) is 0. The largest absolute Gasteiger partial charge is 0.478 e. The van der Waals surface area contributed by atoms with Crippen LogP contribution in [0.5, 0.6) is 0 Å². The number of aliphatic hydroxyl groups is 1. The van der Waals surface area contributed by atoms with E-state index >= 15 is 0 Å². The van der Waals surface area contributed by atoms with Gasteiger partial charge in [0, 0.05) is 11.1 Å². The summed E-state index contributed by atoms with van der Waals surface area (Å²) < 4.78 is 5.76. The average Bonchev–Trinajstić information content (AvgIpc) is 3.23. The smallest absolute Gasteiger partial charge is 0.331 e. The quantitative estimate of drug-likeness (QED) is 0.298. The molecule has 0 fully saturated rings. The number of aryl methyl sites for hydroxylation is 1. The molecule has 0 spiro atoms. The lowest BCUT2D eigenvalue weighted by Gasteiger charge is -2.20. The monoisotopic (exact) mass is 424 g/mol. The molecule has 1 aliphatic carbocycles. The van der Waals surface area contributed by atoms with Gasteiger partial charge < -0.3 is 14.6 Å². The highest BCUT2D eigenvalue weighted by molar-refractivity contribution is 5.86. The fraction of sp³-hybridized carbons (Fsp3) is 0.444. The average molecular weight is 425 g/mol. The van der Waals surface area contributed by atoms with Crippen molar-refractivity contribution in [2.75, 3.05) is 0 Å². The first-order valence-corrected chi connectivity index (χ1v) is 11.0. The molecule has 1 unspecified atom stereocenters. The predicted octanol–water partition coefficient (Wildman–Crippen LogP) is 6.93. The Kier molecular flexibility index (Phi) is 8.88. The van der Waals surface area contributed by atoms with E-state index in [9.17, 15) is 15.0 Å². The zero-order valence-electron chi connectivity index (χ0n) is 19.5. The molecule has 0 aromatic carbocycles. The van der Waals surface area contributed by atoms with E-state index in [0.29, 0.717) is 12.0 Å². The topological polar surface area (TPSA) is 70.7 Å². The molecule has 1 aromatic heterocycles. The summed E-state index contributed by atoms with van der Waals surface area (Å²) in [6, 6.07) is 3.88. The normalized spacial score (nSPS) is 19.3. The van der Waals surface area contributed by atoms with Crippen LogP contribution in [0.4, 0.5) is 0 Å². The molecule has 1 heterocycles. The van der Waals surface area contributed by atoms with E-state index < -0.39 is 11.6 Å². The van der Waals surface area contributed by atoms with E-state index in [4.69, 9.17) is 4.42 Å². The standard InChI is InChI=1S/C27H36O4/c1-19(2)9-6-12-22(26(28)29)13-7-10-20(3)11-8-14-24-23(17-18-27(24,5)30)25-16-15-21(4)31-25/h9,11,13,15-18,30H,6-8,10,12,14H2,1-5H3,(H,28,29). The highest BCUT2D eigenvalue weighted by Gasteiger charge is 2.30. The first kappa shape index (κ1) is 24.7. The molecular formula is C27H36O4. The fourth-order valence-electron chi connectivity index (χ4n) is 3.77. The summed E-state index contributed by atoms with van der Waals surface area (Å²) >= 11 is 0. The lowest BCUT2D eigenvalue weighted by Crippen LogP contribution is -2.21. The van der Waals surface area contributed by atoms with Crippen molar-refractivity contribution in [3.05, 3.63) is 76.3 Å². The maximum Gasteiger partial charge on any atom is 0.331 e. The van der Waals surface area contributed by atoms with Gasteiger partial charge in [0.05, 0.1) is 0 Å². The maximum atomic E-state index is 11.4. The third-order valence-corrected chi connectivity index (χ3v) is 5.57. The molecule has 0 aliphatic heterocycles. The van der Waals surface area contributed by atoms with Crippen LogP contribution in [0.3, 0.4) is 0 Å². The Labute approximate surface area is 186 Å². The maximum absolute atomic E-state index is 11.4. The molecule has 0 radical (unpaired) electrons. The summed E-state index contributed by atoms with van der Waals surface area (Å²) in [5.41, 5.74) is 3.91. The van der Waals surface area contributed by atoms with Gasteiger partial charge >= 0.3 is 5.97 Å². The minimum atomic E-state index is -0.956. The Balaban J connectivity index is 1.94. The molecule has 0 amide bonds. The number of carboxylic acid groups (broad SMARTS) is 1. The number of furan rings is 1. The van der Waals surface area contributed by atoms with E-state index in [0.717, 1.165) is 54.8 Å². The first-order valence-electron chi connectivity index (χ1n) is 11.0. The highest BCUT2D eigenvalue weighted by Crippen LogP contribution is 2.38. The van der Waals surface area contributed by atoms with Crippen LogP contribution in [0.15, 0.2) is 69.2 Å². The molecule has 1 aromatic rings. The van der Waals surface area contributed by atoms with E-state index in [2.05, 4.69) is 19.1 Å². The van der Waals surface area contributed by atoms with Gasteiger partial charge in [-0.15, -0.1) is 0 Å². The molecule has 0 saturated heterocycles. The lowest BCUT2D eigenvalue weighted by molar-refractivity contribution is -0.132. The molecule has 0 bridgehead atoms. The van der Waals surface area contributed by atoms with E-state index in [-0.39, 0.29) is 0 Å². The second-order valence-corrected chi connectivity index (χ2v) is 8.77. The second-order valence-electron chi connectivity index (χ2n) is 8.77. The van der Waals surface area contributed by atoms with Crippen LogP contribution in [0.2, 0.25) is 0 Å². The van der Waals surface area contributed by atoms with Crippen molar-refractivity contribution >= 4 is 11.5 Å². The van der Waals surface area contributed by atoms with Crippen LogP contribution in [0.25, 0.3) is 5.57 Å². The fourth-order valence-corrected chi connectivity index (χ4v) is 3.77. The van der Waals surface area contributed by atoms with Gasteiger partial charge in [-0.25, -0.2) is 4.79 Å². The molecule has 4 heteroatoms. The molecule has 2 N–H and O–H groups in total. The van der Waals surface area contributed by atoms with Crippen molar-refractivity contribution in [2.24, 2.45) is 0 Å². The zero-order valence-corrected chi connectivity index (χ0v) is 19.5. The van der Waals surface area contributed by atoms with E-state index in [1.807, 2.05) is 58.1 Å². The van der Waals surface area contributed by atoms with Crippen LogP contribution < -0.4 is 0 Å². The van der Waals surface area contributed by atoms with Gasteiger partial charge in [0.25, 0.3) is 0 Å². The molecule has 168 valence electrons. The van der Waals surface area contributed by atoms with Gasteiger partial charge in [-0.1, -0.05) is 35.5 Å². The van der Waals surface area contributed by atoms with Gasteiger partial charge in [0.2, 0.25) is 0 Å². The van der Waals surface area contributed by atoms with Crippen LogP contribution in [-0.2, 0) is 4.79 Å². The SMILES string of the molecule is CC(C)=CCCC(=CCCC(C)=CCCC1=C(c2ccc(C)o2)C=CC1(C)O)C(=O)O. The number of carboxylic acids is 1. The number of rotatable bonds is 11. The Morgan fingerprint density at radius 3 is 2.39 bits per heavy atom. The summed E-state index contributed by atoms with van der Waals surface area (Å²) in [6.45, 7) is 9.85. The number of hydrogen-bond donors (Lipinski definition) is 2. The zero-order chi connectivity index (χ0) is 23.0. The summed E-state index contributed by atoms with van der Waals surface area (Å²) in [5, 5.41) is 20.1. The Morgan fingerprint density at radius 2 is 1.77 bits per heavy atom. The summed E-state index contributed by atoms with van der Waals surface area (Å²) in [5.74, 6) is 0.821. The summed E-state index contributed by atoms with van der Waals surface area (Å²) in [6.07, 6.45) is 14.3. The Hall–Kier alpha value is -2.59. The Bertz CT molecular complexity index is 928. The third-order valence-electron chi connectivity index (χ3n) is 5.57. The molecule has 1 atom stereocenters. The molecule has 0 saturated carbocycles. The highest BCUT2D eigenvalue weighted by atomic mass is 16.4. The van der Waals surface area contributed by atoms with Gasteiger partial charge in [-0.2, -0.15) is 0 Å². The molecule has 4 nitrogen and oxygen atoms in total. The number of allylic oxidation sites excluding steroid dienone is 7. The molecule has 31 heavy (non-hydrogen) atoms. The van der Waals surface area contributed by atoms with Crippen LogP contribution in [0, 0.1) is 6.92 Å². The predicted molar refractivity (Wildman–Crippen MR) is 127 cm³/mol. The van der Waals surface area contributed by atoms with Crippen LogP contribution in [-0.4, -0.2) is 21.8 Å². The Morgan fingerprint density at radius 1 is 1.06 bits per heavy atom. The van der Waals surface area contributed by atoms with Crippen molar-refractivity contribution in [1.82, 2.24) is 0 Å². The minimum absolute atomic E-state index is 0.488. The minimum Gasteiger partial charge on any atom is -0.478 e. The van der Waals surface area contributed by atoms with Crippen molar-refractivity contribution in [2.45, 2.75) is 78.7 Å². The number of hydrogen-bond acceptors (Lipinski definition) is 3. The van der Waals surface area contributed by atoms with Crippen LogP contribution >= 0.6 is 0 Å². The first-order chi connectivity index (χ1) is 14.6. The van der Waals surface area contributed by atoms with Gasteiger partial charge in [-0.3, -0.25) is 0 Å². The van der Waals surface area contributed by atoms with Gasteiger partial charge in [0.1, 0.15) is 17.1 Å².